The van der Waals surface area contributed by atoms with Crippen LogP contribution in [0.4, 0.5) is 4.39 Å². The Morgan fingerprint density at radius 2 is 2.18 bits per heavy atom. The van der Waals surface area contributed by atoms with Crippen LogP contribution in [0.5, 0.6) is 0 Å². The summed E-state index contributed by atoms with van der Waals surface area (Å²) >= 11 is 0. The predicted molar refractivity (Wildman–Crippen MR) is 85.8 cm³/mol. The summed E-state index contributed by atoms with van der Waals surface area (Å²) in [7, 11) is -3.62. The Balaban J connectivity index is 1.81. The number of halogens is 1. The molecule has 2 rings (SSSR count). The minimum Gasteiger partial charge on any atom is -0.303 e. The number of hydrogen-bond donors (Lipinski definition) is 1. The molecule has 124 valence electrons. The molecular weight excluding hydrogens is 303 g/mol. The van der Waals surface area contributed by atoms with Crippen LogP contribution < -0.4 is 4.72 Å². The van der Waals surface area contributed by atoms with Crippen LogP contribution in [0, 0.1) is 18.7 Å². The van der Waals surface area contributed by atoms with Crippen LogP contribution in [0.15, 0.2) is 23.1 Å². The van der Waals surface area contributed by atoms with Gasteiger partial charge >= 0.3 is 0 Å². The van der Waals surface area contributed by atoms with Crippen LogP contribution in [0.2, 0.25) is 0 Å². The van der Waals surface area contributed by atoms with Gasteiger partial charge < -0.3 is 4.90 Å². The van der Waals surface area contributed by atoms with E-state index in [1.807, 2.05) is 0 Å². The highest BCUT2D eigenvalue weighted by atomic mass is 32.2. The van der Waals surface area contributed by atoms with Gasteiger partial charge in [-0.15, -0.1) is 0 Å². The Kier molecular flexibility index (Phi) is 5.94. The summed E-state index contributed by atoms with van der Waals surface area (Å²) in [5.74, 6) is 0.228. The van der Waals surface area contributed by atoms with Crippen LogP contribution in [0.25, 0.3) is 0 Å². The predicted octanol–water partition coefficient (Wildman–Crippen LogP) is 2.53. The summed E-state index contributed by atoms with van der Waals surface area (Å²) in [5.41, 5.74) is 0.443. The van der Waals surface area contributed by atoms with Crippen molar-refractivity contribution in [3.8, 4) is 0 Å². The molecule has 6 heteroatoms. The van der Waals surface area contributed by atoms with Gasteiger partial charge in [-0.25, -0.2) is 17.5 Å². The molecular formula is C16H25FN2O2S. The first-order chi connectivity index (χ1) is 10.4. The van der Waals surface area contributed by atoms with Crippen molar-refractivity contribution in [1.82, 2.24) is 9.62 Å². The summed E-state index contributed by atoms with van der Waals surface area (Å²) in [5, 5.41) is 0. The molecule has 22 heavy (non-hydrogen) atoms. The first-order valence-electron chi connectivity index (χ1n) is 7.86. The molecule has 0 saturated carbocycles. The average Bonchev–Trinajstić information content (AvgIpc) is 2.46. The SMILES string of the molecule is Cc1ccc(S(=O)(=O)NCCCN2CCC[C@@H](C)C2)cc1F. The molecule has 1 aliphatic rings. The third-order valence-corrected chi connectivity index (χ3v) is 5.60. The molecule has 0 spiro atoms. The van der Waals surface area contributed by atoms with Gasteiger partial charge in [-0.1, -0.05) is 13.0 Å². The van der Waals surface area contributed by atoms with E-state index >= 15 is 0 Å². The van der Waals surface area contributed by atoms with Crippen LogP contribution in [0.1, 0.15) is 31.7 Å². The lowest BCUT2D eigenvalue weighted by atomic mass is 10.0. The van der Waals surface area contributed by atoms with Crippen molar-refractivity contribution in [3.05, 3.63) is 29.6 Å². The minimum atomic E-state index is -3.62. The fourth-order valence-electron chi connectivity index (χ4n) is 2.82. The molecule has 1 heterocycles. The topological polar surface area (TPSA) is 49.4 Å². The van der Waals surface area contributed by atoms with Crippen LogP contribution in [0.3, 0.4) is 0 Å². The number of nitrogens with zero attached hydrogens (tertiary/aromatic N) is 1. The highest BCUT2D eigenvalue weighted by molar-refractivity contribution is 7.89. The lowest BCUT2D eigenvalue weighted by Gasteiger charge is -2.30. The highest BCUT2D eigenvalue weighted by Crippen LogP contribution is 2.16. The Hall–Kier alpha value is -0.980. The molecule has 1 aliphatic heterocycles. The number of benzene rings is 1. The Morgan fingerprint density at radius 3 is 2.86 bits per heavy atom. The maximum absolute atomic E-state index is 13.5. The normalized spacial score (nSPS) is 20.2. The zero-order valence-corrected chi connectivity index (χ0v) is 14.1. The number of nitrogens with one attached hydrogen (secondary N) is 1. The summed E-state index contributed by atoms with van der Waals surface area (Å²) < 4.78 is 40.2. The fraction of sp³-hybridized carbons (Fsp3) is 0.625. The Labute approximate surface area is 132 Å². The van der Waals surface area contributed by atoms with Gasteiger partial charge in [0.15, 0.2) is 0 Å². The van der Waals surface area contributed by atoms with E-state index in [2.05, 4.69) is 16.5 Å². The number of sulfonamides is 1. The molecule has 0 radical (unpaired) electrons. The minimum absolute atomic E-state index is 0.0119. The van der Waals surface area contributed by atoms with Crippen LogP contribution in [-0.2, 0) is 10.0 Å². The summed E-state index contributed by atoms with van der Waals surface area (Å²) in [4.78, 5) is 2.37. The van der Waals surface area contributed by atoms with Gasteiger partial charge in [-0.3, -0.25) is 0 Å². The van der Waals surface area contributed by atoms with Gasteiger partial charge in [0.1, 0.15) is 5.82 Å². The zero-order valence-electron chi connectivity index (χ0n) is 13.3. The van der Waals surface area contributed by atoms with E-state index in [-0.39, 0.29) is 4.90 Å². The largest absolute Gasteiger partial charge is 0.303 e. The second-order valence-electron chi connectivity index (χ2n) is 6.21. The number of piperidine rings is 1. The second kappa shape index (κ2) is 7.53. The maximum atomic E-state index is 13.5. The zero-order chi connectivity index (χ0) is 16.2. The fourth-order valence-corrected chi connectivity index (χ4v) is 3.91. The molecule has 1 N–H and O–H groups in total. The Bertz CT molecular complexity index is 604. The lowest BCUT2D eigenvalue weighted by Crippen LogP contribution is -2.36. The van der Waals surface area contributed by atoms with Crippen molar-refractivity contribution in [2.75, 3.05) is 26.2 Å². The van der Waals surface area contributed by atoms with Crippen molar-refractivity contribution in [3.63, 3.8) is 0 Å². The summed E-state index contributed by atoms with van der Waals surface area (Å²) in [6.07, 6.45) is 3.26. The number of hydrogen-bond acceptors (Lipinski definition) is 3. The van der Waals surface area contributed by atoms with Gasteiger partial charge in [0.05, 0.1) is 4.90 Å². The molecule has 1 aromatic carbocycles. The molecule has 0 unspecified atom stereocenters. The molecule has 0 bridgehead atoms. The van der Waals surface area contributed by atoms with E-state index < -0.39 is 15.8 Å². The van der Waals surface area contributed by atoms with Crippen LogP contribution >= 0.6 is 0 Å². The van der Waals surface area contributed by atoms with E-state index in [1.54, 1.807) is 6.92 Å². The molecule has 1 fully saturated rings. The third kappa shape index (κ3) is 4.76. The van der Waals surface area contributed by atoms with Gasteiger partial charge in [0.25, 0.3) is 0 Å². The monoisotopic (exact) mass is 328 g/mol. The molecule has 1 aromatic rings. The molecule has 0 aromatic heterocycles. The lowest BCUT2D eigenvalue weighted by molar-refractivity contribution is 0.182. The van der Waals surface area contributed by atoms with E-state index in [0.717, 1.165) is 38.0 Å². The van der Waals surface area contributed by atoms with Crippen LogP contribution in [-0.4, -0.2) is 39.5 Å². The average molecular weight is 328 g/mol. The Morgan fingerprint density at radius 1 is 1.41 bits per heavy atom. The van der Waals surface area contributed by atoms with E-state index in [9.17, 15) is 12.8 Å². The van der Waals surface area contributed by atoms with E-state index in [4.69, 9.17) is 0 Å². The standard InChI is InChI=1S/C16H25FN2O2S/c1-13-5-3-9-19(12-13)10-4-8-18-22(20,21)15-7-6-14(2)16(17)11-15/h6-7,11,13,18H,3-5,8-10,12H2,1-2H3/t13-/m1/s1. The van der Waals surface area contributed by atoms with Crippen molar-refractivity contribution in [2.45, 2.75) is 38.0 Å². The van der Waals surface area contributed by atoms with E-state index in [0.29, 0.717) is 12.1 Å². The van der Waals surface area contributed by atoms with Crippen molar-refractivity contribution < 1.29 is 12.8 Å². The third-order valence-electron chi connectivity index (χ3n) is 4.14. The number of aryl methyl sites for hydroxylation is 1. The van der Waals surface area contributed by atoms with Crippen molar-refractivity contribution in [1.29, 1.82) is 0 Å². The first-order valence-corrected chi connectivity index (χ1v) is 9.35. The van der Waals surface area contributed by atoms with Gasteiger partial charge in [-0.05, 0) is 62.9 Å². The highest BCUT2D eigenvalue weighted by Gasteiger charge is 2.17. The molecule has 4 nitrogen and oxygen atoms in total. The number of likely N-dealkylation sites (tertiary alicyclic amines) is 1. The number of rotatable bonds is 6. The van der Waals surface area contributed by atoms with Gasteiger partial charge in [0.2, 0.25) is 10.0 Å². The smallest absolute Gasteiger partial charge is 0.240 e. The van der Waals surface area contributed by atoms with Gasteiger partial charge in [0, 0.05) is 13.1 Å². The van der Waals surface area contributed by atoms with Crippen molar-refractivity contribution in [2.24, 2.45) is 5.92 Å². The van der Waals surface area contributed by atoms with Gasteiger partial charge in [-0.2, -0.15) is 0 Å². The molecule has 0 amide bonds. The summed E-state index contributed by atoms with van der Waals surface area (Å²) in [6.45, 7) is 7.33. The van der Waals surface area contributed by atoms with Crippen molar-refractivity contribution >= 4 is 10.0 Å². The first kappa shape index (κ1) is 17.4. The molecule has 0 aliphatic carbocycles. The van der Waals surface area contributed by atoms with E-state index in [1.165, 1.54) is 25.0 Å². The molecule has 1 atom stereocenters. The summed E-state index contributed by atoms with van der Waals surface area (Å²) in [6, 6.07) is 4.00. The molecule has 1 saturated heterocycles. The second-order valence-corrected chi connectivity index (χ2v) is 7.98. The quantitative estimate of drug-likeness (QED) is 0.817. The maximum Gasteiger partial charge on any atom is 0.240 e.